The van der Waals surface area contributed by atoms with E-state index in [-0.39, 0.29) is 23.7 Å². The molecule has 1 fully saturated rings. The van der Waals surface area contributed by atoms with Gasteiger partial charge in [-0.15, -0.1) is 4.72 Å². The standard InChI is InChI=1S/C24H32N4O3S2/c1-17-10-12-19(13-11-17)32-23-20(27-28-25)14-21(30-16-18-8-6-5-7-9-18)22(31-23)15-26-33(29)24(2,3)4/h5-13,20-23,26H,14-16H2,1-4H3/t20-,21+,22-,23?,33?/m1/s1. The molecule has 5 atom stereocenters. The number of thioether (sulfide) groups is 1. The fourth-order valence-electron chi connectivity index (χ4n) is 3.38. The summed E-state index contributed by atoms with van der Waals surface area (Å²) in [7, 11) is 0. The molecular formula is C24H32N4O3S2. The zero-order valence-electron chi connectivity index (χ0n) is 19.5. The third-order valence-corrected chi connectivity index (χ3v) is 8.01. The van der Waals surface area contributed by atoms with Crippen molar-refractivity contribution >= 4 is 23.1 Å². The average Bonchev–Trinajstić information content (AvgIpc) is 2.79. The molecule has 3 rings (SSSR count). The molecule has 2 aromatic rings. The molecule has 0 spiro atoms. The molecule has 0 aliphatic carbocycles. The van der Waals surface area contributed by atoms with Crippen molar-refractivity contribution in [2.24, 2.45) is 5.11 Å². The van der Waals surface area contributed by atoms with E-state index in [0.717, 1.165) is 10.5 Å². The van der Waals surface area contributed by atoms with Crippen molar-refractivity contribution in [3.63, 3.8) is 0 Å². The summed E-state index contributed by atoms with van der Waals surface area (Å²) >= 11 is 0.303. The lowest BCUT2D eigenvalue weighted by Crippen LogP contribution is -2.52. The van der Waals surface area contributed by atoms with Crippen LogP contribution in [-0.4, -0.2) is 39.5 Å². The van der Waals surface area contributed by atoms with E-state index < -0.39 is 16.1 Å². The van der Waals surface area contributed by atoms with Gasteiger partial charge in [0.15, 0.2) is 0 Å². The Bertz CT molecular complexity index is 918. The van der Waals surface area contributed by atoms with Gasteiger partial charge in [0.1, 0.15) is 16.3 Å². The van der Waals surface area contributed by atoms with Crippen LogP contribution in [-0.2, 0) is 27.4 Å². The molecule has 1 heterocycles. The normalized spacial score (nSPS) is 24.2. The van der Waals surface area contributed by atoms with Crippen LogP contribution in [0.15, 0.2) is 64.6 Å². The topological polar surface area (TPSA) is 102 Å². The average molecular weight is 489 g/mol. The summed E-state index contributed by atoms with van der Waals surface area (Å²) < 4.78 is 28.0. The first-order valence-corrected chi connectivity index (χ1v) is 13.0. The minimum atomic E-state index is -1.23. The molecule has 1 saturated heterocycles. The molecule has 0 saturated carbocycles. The number of aryl methyl sites for hydroxylation is 1. The number of azide groups is 1. The first-order chi connectivity index (χ1) is 15.8. The van der Waals surface area contributed by atoms with Crippen LogP contribution in [0.2, 0.25) is 0 Å². The molecule has 2 aromatic carbocycles. The Morgan fingerprint density at radius 2 is 1.91 bits per heavy atom. The maximum absolute atomic E-state index is 12.6. The van der Waals surface area contributed by atoms with E-state index in [9.17, 15) is 4.55 Å². The Morgan fingerprint density at radius 3 is 2.55 bits per heavy atom. The second-order valence-corrected chi connectivity index (χ2v) is 12.3. The molecule has 1 aliphatic heterocycles. The summed E-state index contributed by atoms with van der Waals surface area (Å²) in [6, 6.07) is 17.7. The number of rotatable bonds is 9. The lowest BCUT2D eigenvalue weighted by molar-refractivity contribution is -0.124. The summed E-state index contributed by atoms with van der Waals surface area (Å²) in [6.07, 6.45) is -0.122. The predicted octanol–water partition coefficient (Wildman–Crippen LogP) is 5.52. The van der Waals surface area contributed by atoms with Gasteiger partial charge in [0.2, 0.25) is 0 Å². The molecule has 33 heavy (non-hydrogen) atoms. The molecule has 0 bridgehead atoms. The van der Waals surface area contributed by atoms with Crippen molar-refractivity contribution in [2.45, 2.75) is 74.1 Å². The van der Waals surface area contributed by atoms with Gasteiger partial charge in [0.05, 0.1) is 25.3 Å². The van der Waals surface area contributed by atoms with E-state index in [4.69, 9.17) is 15.0 Å². The lowest BCUT2D eigenvalue weighted by atomic mass is 10.0. The molecule has 9 heteroatoms. The van der Waals surface area contributed by atoms with E-state index in [2.05, 4.69) is 14.7 Å². The minimum absolute atomic E-state index is 0.306. The molecule has 0 radical (unpaired) electrons. The summed E-state index contributed by atoms with van der Waals surface area (Å²) in [4.78, 5) is 4.10. The van der Waals surface area contributed by atoms with Gasteiger partial charge in [0, 0.05) is 21.2 Å². The molecule has 0 aromatic heterocycles. The quantitative estimate of drug-likeness (QED) is 0.217. The van der Waals surface area contributed by atoms with Crippen molar-refractivity contribution in [2.75, 3.05) is 6.54 Å². The van der Waals surface area contributed by atoms with Gasteiger partial charge in [-0.1, -0.05) is 64.9 Å². The third kappa shape index (κ3) is 7.93. The van der Waals surface area contributed by atoms with Crippen molar-refractivity contribution in [1.82, 2.24) is 4.72 Å². The van der Waals surface area contributed by atoms with E-state index >= 15 is 0 Å². The number of nitrogens with zero attached hydrogens (tertiary/aromatic N) is 3. The van der Waals surface area contributed by atoms with Crippen LogP contribution in [0.3, 0.4) is 0 Å². The highest BCUT2D eigenvalue weighted by atomic mass is 32.2. The number of nitrogens with one attached hydrogen (secondary N) is 1. The van der Waals surface area contributed by atoms with E-state index in [1.54, 1.807) is 0 Å². The van der Waals surface area contributed by atoms with Crippen molar-refractivity contribution in [3.05, 3.63) is 76.2 Å². The number of benzene rings is 2. The maximum atomic E-state index is 12.6. The monoisotopic (exact) mass is 488 g/mol. The summed E-state index contributed by atoms with van der Waals surface area (Å²) in [5.74, 6) is 0. The van der Waals surface area contributed by atoms with Crippen molar-refractivity contribution < 1.29 is 14.0 Å². The number of ether oxygens (including phenoxy) is 2. The fourth-order valence-corrected chi connectivity index (χ4v) is 5.21. The zero-order valence-corrected chi connectivity index (χ0v) is 21.1. The van der Waals surface area contributed by atoms with Gasteiger partial charge in [-0.25, -0.2) is 0 Å². The highest BCUT2D eigenvalue weighted by Gasteiger charge is 2.40. The highest BCUT2D eigenvalue weighted by molar-refractivity contribution is 7.99. The fraction of sp³-hybridized carbons (Fsp3) is 0.500. The SMILES string of the molecule is Cc1ccc(SC2O[C@H](CN[S+]([O-])C(C)(C)C)[C@@H](OCc3ccccc3)C[C@H]2N=[N+]=[N-])cc1. The van der Waals surface area contributed by atoms with Crippen LogP contribution < -0.4 is 4.72 Å². The molecule has 7 nitrogen and oxygen atoms in total. The van der Waals surface area contributed by atoms with Gasteiger partial charge in [-0.05, 0) is 57.3 Å². The minimum Gasteiger partial charge on any atom is -0.598 e. The first-order valence-electron chi connectivity index (χ1n) is 11.0. The Labute approximate surface area is 203 Å². The van der Waals surface area contributed by atoms with Gasteiger partial charge in [0.25, 0.3) is 0 Å². The summed E-state index contributed by atoms with van der Waals surface area (Å²) in [5.41, 5.74) is 11.0. The van der Waals surface area contributed by atoms with Gasteiger partial charge in [-0.2, -0.15) is 0 Å². The van der Waals surface area contributed by atoms with Crippen LogP contribution in [0.25, 0.3) is 10.4 Å². The predicted molar refractivity (Wildman–Crippen MR) is 134 cm³/mol. The molecule has 2 unspecified atom stereocenters. The first kappa shape index (κ1) is 25.9. The highest BCUT2D eigenvalue weighted by Crippen LogP contribution is 2.36. The van der Waals surface area contributed by atoms with E-state index in [0.29, 0.717) is 19.6 Å². The van der Waals surface area contributed by atoms with Crippen LogP contribution in [0.4, 0.5) is 0 Å². The second-order valence-electron chi connectivity index (χ2n) is 9.05. The maximum Gasteiger partial charge on any atom is 0.136 e. The zero-order chi connectivity index (χ0) is 23.8. The lowest BCUT2D eigenvalue weighted by Gasteiger charge is -2.40. The number of hydrogen-bond acceptors (Lipinski definition) is 6. The third-order valence-electron chi connectivity index (χ3n) is 5.26. The molecule has 0 amide bonds. The van der Waals surface area contributed by atoms with Gasteiger partial charge < -0.3 is 14.0 Å². The second kappa shape index (κ2) is 12.1. The van der Waals surface area contributed by atoms with E-state index in [1.807, 2.05) is 82.3 Å². The summed E-state index contributed by atoms with van der Waals surface area (Å²) in [5, 5.41) is 4.03. The van der Waals surface area contributed by atoms with Crippen LogP contribution in [0.1, 0.15) is 38.3 Å². The van der Waals surface area contributed by atoms with Gasteiger partial charge in [-0.3, -0.25) is 0 Å². The Balaban J connectivity index is 1.75. The number of hydrogen-bond donors (Lipinski definition) is 1. The summed E-state index contributed by atoms with van der Waals surface area (Å²) in [6.45, 7) is 8.61. The van der Waals surface area contributed by atoms with Crippen LogP contribution >= 0.6 is 11.8 Å². The Kier molecular flexibility index (Phi) is 9.52. The smallest absolute Gasteiger partial charge is 0.136 e. The molecular weight excluding hydrogens is 456 g/mol. The van der Waals surface area contributed by atoms with Crippen molar-refractivity contribution in [1.29, 1.82) is 0 Å². The molecule has 178 valence electrons. The van der Waals surface area contributed by atoms with Gasteiger partial charge >= 0.3 is 0 Å². The van der Waals surface area contributed by atoms with E-state index in [1.165, 1.54) is 17.3 Å². The molecule has 1 N–H and O–H groups in total. The van der Waals surface area contributed by atoms with Crippen LogP contribution in [0.5, 0.6) is 0 Å². The molecule has 1 aliphatic rings. The Morgan fingerprint density at radius 1 is 1.21 bits per heavy atom. The van der Waals surface area contributed by atoms with Crippen molar-refractivity contribution in [3.8, 4) is 0 Å². The Hall–Kier alpha value is -1.71. The van der Waals surface area contributed by atoms with Crippen LogP contribution in [0, 0.1) is 6.92 Å². The largest absolute Gasteiger partial charge is 0.598 e.